The van der Waals surface area contributed by atoms with Gasteiger partial charge in [-0.05, 0) is 0 Å². The van der Waals surface area contributed by atoms with E-state index in [1.165, 1.54) is 0 Å². The lowest BCUT2D eigenvalue weighted by Gasteiger charge is -2.39. The zero-order valence-corrected chi connectivity index (χ0v) is 10.6. The molecule has 0 saturated carbocycles. The van der Waals surface area contributed by atoms with Crippen LogP contribution in [-0.4, -0.2) is 94.2 Å². The van der Waals surface area contributed by atoms with Crippen molar-refractivity contribution in [3.63, 3.8) is 0 Å². The van der Waals surface area contributed by atoms with Crippen molar-refractivity contribution in [3.05, 3.63) is 0 Å². The second-order valence-corrected chi connectivity index (χ2v) is 4.33. The summed E-state index contributed by atoms with van der Waals surface area (Å²) < 4.78 is 0. The van der Waals surface area contributed by atoms with E-state index in [4.69, 9.17) is 21.1 Å². The molecule has 1 aliphatic rings. The lowest BCUT2D eigenvalue weighted by Crippen LogP contribution is -2.58. The number of hydrogen-bond acceptors (Lipinski definition) is 6. The van der Waals surface area contributed by atoms with Crippen LogP contribution in [0.25, 0.3) is 0 Å². The van der Waals surface area contributed by atoms with Crippen molar-refractivity contribution in [3.8, 4) is 0 Å². The minimum Gasteiger partial charge on any atom is -0.480 e. The predicted octanol–water partition coefficient (Wildman–Crippen LogP) is -2.10. The largest absolute Gasteiger partial charge is 0.480 e. The van der Waals surface area contributed by atoms with Gasteiger partial charge in [0.25, 0.3) is 0 Å². The number of nitrogens with two attached hydrogens (primary N) is 1. The summed E-state index contributed by atoms with van der Waals surface area (Å²) in [7, 11) is 0. The topological polar surface area (TPSA) is 131 Å². The highest BCUT2D eigenvalue weighted by Gasteiger charge is 2.28. The lowest BCUT2D eigenvalue weighted by atomic mass is 10.3. The molecule has 0 spiro atoms. The molecule has 5 N–H and O–H groups in total. The number of carbonyl (C=O) groups is 2. The van der Waals surface area contributed by atoms with E-state index in [9.17, 15) is 9.59 Å². The van der Waals surface area contributed by atoms with Gasteiger partial charge in [0.1, 0.15) is 6.04 Å². The third kappa shape index (κ3) is 4.63. The summed E-state index contributed by atoms with van der Waals surface area (Å²) in [5.41, 5.74) is 5.36. The van der Waals surface area contributed by atoms with Crippen LogP contribution in [0.15, 0.2) is 0 Å². The molecule has 9 heteroatoms. The summed E-state index contributed by atoms with van der Waals surface area (Å²) in [5.74, 6) is -1.23. The van der Waals surface area contributed by atoms with Crippen LogP contribution in [0.1, 0.15) is 0 Å². The SMILES string of the molecule is N[C@@H](CN(C(=O)O)N1CCN(CCO)CC1)C(=O)O. The zero-order valence-electron chi connectivity index (χ0n) is 10.6. The van der Waals surface area contributed by atoms with Crippen LogP contribution in [0, 0.1) is 0 Å². The molecule has 1 rings (SSSR count). The average molecular weight is 276 g/mol. The summed E-state index contributed by atoms with van der Waals surface area (Å²) in [6, 6.07) is -1.24. The standard InChI is InChI=1S/C10H20N4O5/c11-8(9(16)17)7-14(10(18)19)13-3-1-12(2-4-13)5-6-15/h8,15H,1-7,11H2,(H,16,17)(H,18,19)/t8-/m0/s1. The Morgan fingerprint density at radius 1 is 1.21 bits per heavy atom. The first-order valence-corrected chi connectivity index (χ1v) is 6.02. The van der Waals surface area contributed by atoms with Gasteiger partial charge in [-0.15, -0.1) is 0 Å². The maximum Gasteiger partial charge on any atom is 0.422 e. The van der Waals surface area contributed by atoms with E-state index in [-0.39, 0.29) is 13.2 Å². The molecule has 0 aromatic heterocycles. The number of nitrogens with zero attached hydrogens (tertiary/aromatic N) is 3. The van der Waals surface area contributed by atoms with E-state index >= 15 is 0 Å². The molecular weight excluding hydrogens is 256 g/mol. The van der Waals surface area contributed by atoms with Crippen molar-refractivity contribution in [2.24, 2.45) is 5.73 Å². The lowest BCUT2D eigenvalue weighted by molar-refractivity contribution is -0.140. The van der Waals surface area contributed by atoms with Crippen molar-refractivity contribution >= 4 is 12.1 Å². The van der Waals surface area contributed by atoms with Crippen molar-refractivity contribution in [1.29, 1.82) is 0 Å². The Bertz CT molecular complexity index is 319. The van der Waals surface area contributed by atoms with Gasteiger partial charge in [-0.3, -0.25) is 9.69 Å². The summed E-state index contributed by atoms with van der Waals surface area (Å²) in [6.07, 6.45) is -1.22. The number of piperazine rings is 1. The second-order valence-electron chi connectivity index (χ2n) is 4.33. The normalized spacial score (nSPS) is 19.1. The summed E-state index contributed by atoms with van der Waals surface area (Å²) in [6.45, 7) is 2.49. The molecule has 1 amide bonds. The Labute approximate surface area is 110 Å². The molecule has 0 unspecified atom stereocenters. The fraction of sp³-hybridized carbons (Fsp3) is 0.800. The molecular formula is C10H20N4O5. The summed E-state index contributed by atoms with van der Waals surface area (Å²) in [4.78, 5) is 23.8. The Balaban J connectivity index is 2.54. The van der Waals surface area contributed by atoms with E-state index in [0.29, 0.717) is 32.7 Å². The van der Waals surface area contributed by atoms with Crippen LogP contribution in [0.2, 0.25) is 0 Å². The van der Waals surface area contributed by atoms with Crippen molar-refractivity contribution in [1.82, 2.24) is 14.9 Å². The van der Waals surface area contributed by atoms with Crippen molar-refractivity contribution < 1.29 is 24.9 Å². The van der Waals surface area contributed by atoms with Crippen LogP contribution < -0.4 is 5.73 Å². The molecule has 1 atom stereocenters. The molecule has 0 radical (unpaired) electrons. The Morgan fingerprint density at radius 2 is 1.79 bits per heavy atom. The first-order valence-electron chi connectivity index (χ1n) is 6.02. The van der Waals surface area contributed by atoms with Crippen molar-refractivity contribution in [2.75, 3.05) is 45.9 Å². The Kier molecular flexibility index (Phi) is 5.96. The number of amides is 1. The minimum atomic E-state index is -1.24. The molecule has 0 aliphatic carbocycles. The maximum absolute atomic E-state index is 11.1. The van der Waals surface area contributed by atoms with Gasteiger partial charge in [-0.2, -0.15) is 0 Å². The molecule has 0 aromatic carbocycles. The zero-order chi connectivity index (χ0) is 14.4. The molecule has 0 bridgehead atoms. The number of carboxylic acids is 1. The highest BCUT2D eigenvalue weighted by Crippen LogP contribution is 2.07. The van der Waals surface area contributed by atoms with Gasteiger partial charge in [0.2, 0.25) is 0 Å². The van der Waals surface area contributed by atoms with Gasteiger partial charge in [-0.25, -0.2) is 14.8 Å². The van der Waals surface area contributed by atoms with Crippen LogP contribution in [0.4, 0.5) is 4.79 Å². The van der Waals surface area contributed by atoms with Gasteiger partial charge in [0, 0.05) is 32.7 Å². The molecule has 9 nitrogen and oxygen atoms in total. The monoisotopic (exact) mass is 276 g/mol. The molecule has 1 saturated heterocycles. The Hall–Kier alpha value is -1.42. The number of hydrogen-bond donors (Lipinski definition) is 4. The van der Waals surface area contributed by atoms with E-state index in [2.05, 4.69) is 0 Å². The van der Waals surface area contributed by atoms with Crippen LogP contribution in [0.5, 0.6) is 0 Å². The molecule has 19 heavy (non-hydrogen) atoms. The van der Waals surface area contributed by atoms with Crippen LogP contribution in [0.3, 0.4) is 0 Å². The fourth-order valence-corrected chi connectivity index (χ4v) is 1.92. The molecule has 1 fully saturated rings. The average Bonchev–Trinajstić information content (AvgIpc) is 2.36. The Morgan fingerprint density at radius 3 is 2.21 bits per heavy atom. The highest BCUT2D eigenvalue weighted by molar-refractivity contribution is 5.74. The predicted molar refractivity (Wildman–Crippen MR) is 65.4 cm³/mol. The van der Waals surface area contributed by atoms with E-state index < -0.39 is 18.1 Å². The van der Waals surface area contributed by atoms with Crippen molar-refractivity contribution in [2.45, 2.75) is 6.04 Å². The maximum atomic E-state index is 11.1. The molecule has 1 heterocycles. The number of aliphatic hydroxyl groups is 1. The number of carboxylic acid groups (broad SMARTS) is 2. The number of rotatable bonds is 6. The smallest absolute Gasteiger partial charge is 0.422 e. The van der Waals surface area contributed by atoms with E-state index in [0.717, 1.165) is 5.01 Å². The second kappa shape index (κ2) is 7.24. The summed E-state index contributed by atoms with van der Waals surface area (Å²) >= 11 is 0. The first-order chi connectivity index (χ1) is 8.95. The first kappa shape index (κ1) is 15.6. The number of hydrazine groups is 1. The van der Waals surface area contributed by atoms with E-state index in [1.807, 2.05) is 4.90 Å². The van der Waals surface area contributed by atoms with E-state index in [1.54, 1.807) is 5.01 Å². The van der Waals surface area contributed by atoms with Crippen LogP contribution in [-0.2, 0) is 4.79 Å². The van der Waals surface area contributed by atoms with Gasteiger partial charge in [0.15, 0.2) is 0 Å². The third-order valence-electron chi connectivity index (χ3n) is 3.01. The van der Waals surface area contributed by atoms with Gasteiger partial charge >= 0.3 is 12.1 Å². The molecule has 110 valence electrons. The van der Waals surface area contributed by atoms with Gasteiger partial charge in [0.05, 0.1) is 13.2 Å². The number of aliphatic hydroxyl groups excluding tert-OH is 1. The highest BCUT2D eigenvalue weighted by atomic mass is 16.4. The van der Waals surface area contributed by atoms with Gasteiger partial charge < -0.3 is 21.1 Å². The van der Waals surface area contributed by atoms with Crippen LogP contribution >= 0.6 is 0 Å². The molecule has 1 aliphatic heterocycles. The third-order valence-corrected chi connectivity index (χ3v) is 3.01. The summed E-state index contributed by atoms with van der Waals surface area (Å²) in [5, 5.41) is 29.2. The fourth-order valence-electron chi connectivity index (χ4n) is 1.92. The number of aliphatic carboxylic acids is 1. The van der Waals surface area contributed by atoms with Gasteiger partial charge in [-0.1, -0.05) is 0 Å². The quantitative estimate of drug-likeness (QED) is 0.434. The number of β-amino-alcohol motifs (C(OH)–C–C–N with tert-alkyl or cyclic N) is 1. The minimum absolute atomic E-state index is 0.0620. The molecule has 0 aromatic rings.